The second-order valence-corrected chi connectivity index (χ2v) is 12.4. The minimum atomic E-state index is -1.93. The predicted molar refractivity (Wildman–Crippen MR) is 92.6 cm³/mol. The average molecular weight is 334 g/mol. The van der Waals surface area contributed by atoms with E-state index in [1.165, 1.54) is 7.11 Å². The Hall–Kier alpha value is -1.62. The van der Waals surface area contributed by atoms with Crippen molar-refractivity contribution in [2.75, 3.05) is 7.11 Å². The molecule has 0 aliphatic heterocycles. The van der Waals surface area contributed by atoms with Crippen molar-refractivity contribution in [3.8, 4) is 5.75 Å². The van der Waals surface area contributed by atoms with E-state index in [2.05, 4.69) is 33.9 Å². The van der Waals surface area contributed by atoms with Crippen LogP contribution in [0.3, 0.4) is 0 Å². The summed E-state index contributed by atoms with van der Waals surface area (Å²) < 4.78 is 11.0. The van der Waals surface area contributed by atoms with Crippen molar-refractivity contribution in [3.63, 3.8) is 0 Å². The third-order valence-corrected chi connectivity index (χ3v) is 9.38. The van der Waals surface area contributed by atoms with Gasteiger partial charge >= 0.3 is 5.97 Å². The molecule has 1 aromatic rings. The molecule has 1 unspecified atom stereocenters. The van der Waals surface area contributed by atoms with Gasteiger partial charge in [-0.25, -0.2) is 0 Å². The molecule has 1 aromatic carbocycles. The van der Waals surface area contributed by atoms with Gasteiger partial charge in [0.15, 0.2) is 5.78 Å². The van der Waals surface area contributed by atoms with E-state index >= 15 is 0 Å². The summed E-state index contributed by atoms with van der Waals surface area (Å²) in [5, 5.41) is 0.101. The molecule has 0 amide bonds. The minimum absolute atomic E-state index is 0.0770. The fraction of sp³-hybridized carbons (Fsp3) is 0.556. The number of benzene rings is 1. The molecular formula is C18H26O4Si. The number of ketones is 1. The van der Waals surface area contributed by atoms with Gasteiger partial charge in [0, 0.05) is 17.9 Å². The van der Waals surface area contributed by atoms with Gasteiger partial charge in [0.05, 0.1) is 13.5 Å². The molecule has 1 atom stereocenters. The second kappa shape index (κ2) is 6.11. The van der Waals surface area contributed by atoms with Gasteiger partial charge in [-0.1, -0.05) is 26.8 Å². The molecule has 0 heterocycles. The molecule has 0 bridgehead atoms. The standard InChI is InChI=1S/C18H26O4Si/c1-18(2,3)23(5,6)22-13-7-8-14-12(10-17(20)21-4)9-16(19)15(14)11-13/h7-8,11-12H,9-10H2,1-6H3. The molecule has 1 aliphatic rings. The highest BCUT2D eigenvalue weighted by Gasteiger charge is 2.39. The van der Waals surface area contributed by atoms with Crippen LogP contribution in [0.25, 0.3) is 0 Å². The van der Waals surface area contributed by atoms with E-state index in [0.717, 1.165) is 11.3 Å². The molecular weight excluding hydrogens is 308 g/mol. The third-order valence-electron chi connectivity index (χ3n) is 5.02. The van der Waals surface area contributed by atoms with Crippen molar-refractivity contribution in [2.24, 2.45) is 0 Å². The summed E-state index contributed by atoms with van der Waals surface area (Å²) in [5.74, 6) is 0.473. The molecule has 0 saturated carbocycles. The Morgan fingerprint density at radius 1 is 1.30 bits per heavy atom. The fourth-order valence-corrected chi connectivity index (χ4v) is 3.58. The van der Waals surface area contributed by atoms with Crippen molar-refractivity contribution >= 4 is 20.1 Å². The number of Topliss-reactive ketones (excluding diaryl/α,β-unsaturated/α-hetero) is 1. The number of methoxy groups -OCH3 is 1. The lowest BCUT2D eigenvalue weighted by Gasteiger charge is -2.36. The van der Waals surface area contributed by atoms with Crippen molar-refractivity contribution in [2.45, 2.75) is 57.7 Å². The fourth-order valence-electron chi connectivity index (χ4n) is 2.55. The van der Waals surface area contributed by atoms with E-state index in [-0.39, 0.29) is 29.1 Å². The van der Waals surface area contributed by atoms with Crippen molar-refractivity contribution in [1.29, 1.82) is 0 Å². The van der Waals surface area contributed by atoms with Crippen LogP contribution in [0.4, 0.5) is 0 Å². The number of hydrogen-bond acceptors (Lipinski definition) is 4. The summed E-state index contributed by atoms with van der Waals surface area (Å²) >= 11 is 0. The quantitative estimate of drug-likeness (QED) is 0.608. The molecule has 0 radical (unpaired) electrons. The normalized spacial score (nSPS) is 17.8. The van der Waals surface area contributed by atoms with E-state index in [1.807, 2.05) is 18.2 Å². The van der Waals surface area contributed by atoms with Crippen LogP contribution in [0.15, 0.2) is 18.2 Å². The Balaban J connectivity index is 2.25. The zero-order valence-corrected chi connectivity index (χ0v) is 15.9. The number of fused-ring (bicyclic) bond motifs is 1. The highest BCUT2D eigenvalue weighted by atomic mass is 28.4. The topological polar surface area (TPSA) is 52.6 Å². The summed E-state index contributed by atoms with van der Waals surface area (Å²) in [5.41, 5.74) is 1.62. The van der Waals surface area contributed by atoms with Crippen LogP contribution < -0.4 is 4.43 Å². The molecule has 0 aromatic heterocycles. The summed E-state index contributed by atoms with van der Waals surface area (Å²) in [4.78, 5) is 23.8. The molecule has 2 rings (SSSR count). The van der Waals surface area contributed by atoms with Gasteiger partial charge in [-0.2, -0.15) is 0 Å². The van der Waals surface area contributed by atoms with E-state index in [1.54, 1.807) is 0 Å². The maximum Gasteiger partial charge on any atom is 0.306 e. The Morgan fingerprint density at radius 2 is 1.96 bits per heavy atom. The predicted octanol–water partition coefficient (Wildman–Crippen LogP) is 4.30. The van der Waals surface area contributed by atoms with Gasteiger partial charge in [0.2, 0.25) is 8.32 Å². The Bertz CT molecular complexity index is 628. The van der Waals surface area contributed by atoms with E-state index in [0.29, 0.717) is 12.0 Å². The Kier molecular flexibility index (Phi) is 4.71. The first kappa shape index (κ1) is 17.7. The summed E-state index contributed by atoms with van der Waals surface area (Å²) in [6, 6.07) is 5.69. The molecule has 4 nitrogen and oxygen atoms in total. The molecule has 126 valence electrons. The lowest BCUT2D eigenvalue weighted by atomic mass is 9.98. The number of carbonyl (C=O) groups is 2. The lowest BCUT2D eigenvalue weighted by molar-refractivity contribution is -0.141. The SMILES string of the molecule is COC(=O)CC1CC(=O)c2cc(O[Si](C)(C)C(C)(C)C)ccc21. The minimum Gasteiger partial charge on any atom is -0.543 e. The van der Waals surface area contributed by atoms with Crippen molar-refractivity contribution < 1.29 is 18.8 Å². The van der Waals surface area contributed by atoms with E-state index < -0.39 is 8.32 Å². The highest BCUT2D eigenvalue weighted by Crippen LogP contribution is 2.40. The molecule has 0 spiro atoms. The maximum atomic E-state index is 12.3. The van der Waals surface area contributed by atoms with Crippen LogP contribution in [-0.2, 0) is 9.53 Å². The molecule has 0 saturated heterocycles. The van der Waals surface area contributed by atoms with Crippen LogP contribution in [0.5, 0.6) is 5.75 Å². The molecule has 1 aliphatic carbocycles. The number of esters is 1. The number of rotatable bonds is 4. The molecule has 0 fully saturated rings. The average Bonchev–Trinajstić information content (AvgIpc) is 2.73. The zero-order valence-electron chi connectivity index (χ0n) is 14.9. The highest BCUT2D eigenvalue weighted by molar-refractivity contribution is 6.74. The summed E-state index contributed by atoms with van der Waals surface area (Å²) in [7, 11) is -0.564. The molecule has 5 heteroatoms. The van der Waals surface area contributed by atoms with Gasteiger partial charge in [0.1, 0.15) is 5.75 Å². The number of ether oxygens (including phenoxy) is 1. The Labute approximate surface area is 139 Å². The van der Waals surface area contributed by atoms with Gasteiger partial charge in [-0.3, -0.25) is 9.59 Å². The lowest BCUT2D eigenvalue weighted by Crippen LogP contribution is -2.43. The molecule has 23 heavy (non-hydrogen) atoms. The summed E-state index contributed by atoms with van der Waals surface area (Å²) in [6.45, 7) is 10.9. The molecule has 0 N–H and O–H groups in total. The van der Waals surface area contributed by atoms with Crippen LogP contribution in [0.1, 0.15) is 55.5 Å². The smallest absolute Gasteiger partial charge is 0.306 e. The third kappa shape index (κ3) is 3.66. The van der Waals surface area contributed by atoms with Crippen molar-refractivity contribution in [3.05, 3.63) is 29.3 Å². The number of hydrogen-bond donors (Lipinski definition) is 0. The van der Waals surface area contributed by atoms with E-state index in [4.69, 9.17) is 9.16 Å². The second-order valence-electron chi connectivity index (χ2n) is 7.72. The van der Waals surface area contributed by atoms with Crippen LogP contribution >= 0.6 is 0 Å². The first-order valence-corrected chi connectivity index (χ1v) is 10.9. The van der Waals surface area contributed by atoms with E-state index in [9.17, 15) is 9.59 Å². The zero-order chi connectivity index (χ0) is 17.4. The number of carbonyl (C=O) groups excluding carboxylic acids is 2. The maximum absolute atomic E-state index is 12.3. The van der Waals surface area contributed by atoms with Crippen LogP contribution in [0, 0.1) is 0 Å². The van der Waals surface area contributed by atoms with Gasteiger partial charge in [-0.05, 0) is 35.8 Å². The Morgan fingerprint density at radius 3 is 2.52 bits per heavy atom. The monoisotopic (exact) mass is 334 g/mol. The summed E-state index contributed by atoms with van der Waals surface area (Å²) in [6.07, 6.45) is 0.617. The first-order chi connectivity index (χ1) is 10.5. The van der Waals surface area contributed by atoms with Gasteiger partial charge in [0.25, 0.3) is 0 Å². The first-order valence-electron chi connectivity index (χ1n) is 7.98. The van der Waals surface area contributed by atoms with Crippen LogP contribution in [-0.4, -0.2) is 27.2 Å². The van der Waals surface area contributed by atoms with Crippen LogP contribution in [0.2, 0.25) is 18.1 Å². The van der Waals surface area contributed by atoms with Crippen molar-refractivity contribution in [1.82, 2.24) is 0 Å². The van der Waals surface area contributed by atoms with Gasteiger partial charge in [-0.15, -0.1) is 0 Å². The largest absolute Gasteiger partial charge is 0.543 e. The van der Waals surface area contributed by atoms with Gasteiger partial charge < -0.3 is 9.16 Å².